The Bertz CT molecular complexity index is 503. The lowest BCUT2D eigenvalue weighted by Crippen LogP contribution is -2.37. The molecule has 0 bridgehead atoms. The van der Waals surface area contributed by atoms with Crippen molar-refractivity contribution in [1.82, 2.24) is 10.3 Å². The lowest BCUT2D eigenvalue weighted by Gasteiger charge is -2.28. The van der Waals surface area contributed by atoms with Gasteiger partial charge in [-0.25, -0.2) is 4.98 Å². The predicted octanol–water partition coefficient (Wildman–Crippen LogP) is 2.50. The number of halogens is 1. The van der Waals surface area contributed by atoms with Crippen molar-refractivity contribution in [2.45, 2.75) is 19.8 Å². The predicted molar refractivity (Wildman–Crippen MR) is 82.2 cm³/mol. The first-order valence-electron chi connectivity index (χ1n) is 6.72. The Balaban J connectivity index is 2.15. The number of hydrogen-bond acceptors (Lipinski definition) is 5. The molecule has 0 spiro atoms. The van der Waals surface area contributed by atoms with Gasteiger partial charge in [0.15, 0.2) is 0 Å². The van der Waals surface area contributed by atoms with E-state index in [1.54, 1.807) is 6.92 Å². The SMILES string of the molecule is Cc1c([N+](=O)[O-])cnc(N(C)CC2CCCNC2)c1Br. The van der Waals surface area contributed by atoms with Gasteiger partial charge in [0.25, 0.3) is 5.69 Å². The molecule has 7 heteroatoms. The molecular formula is C13H19BrN4O2. The molecule has 2 rings (SSSR count). The smallest absolute Gasteiger partial charge is 0.291 e. The highest BCUT2D eigenvalue weighted by molar-refractivity contribution is 9.10. The minimum Gasteiger partial charge on any atom is -0.358 e. The number of rotatable bonds is 4. The number of hydrogen-bond donors (Lipinski definition) is 1. The van der Waals surface area contributed by atoms with Crippen molar-refractivity contribution in [2.75, 3.05) is 31.6 Å². The Kier molecular flexibility index (Phi) is 4.93. The summed E-state index contributed by atoms with van der Waals surface area (Å²) in [5, 5.41) is 14.3. The van der Waals surface area contributed by atoms with E-state index in [-0.39, 0.29) is 5.69 Å². The molecule has 0 radical (unpaired) electrons. The highest BCUT2D eigenvalue weighted by Crippen LogP contribution is 2.32. The van der Waals surface area contributed by atoms with Crippen LogP contribution in [0.1, 0.15) is 18.4 Å². The number of aromatic nitrogens is 1. The fourth-order valence-electron chi connectivity index (χ4n) is 2.56. The first-order chi connectivity index (χ1) is 9.50. The molecule has 0 amide bonds. The van der Waals surface area contributed by atoms with E-state index in [1.807, 2.05) is 7.05 Å². The Morgan fingerprint density at radius 2 is 2.40 bits per heavy atom. The van der Waals surface area contributed by atoms with Crippen LogP contribution < -0.4 is 10.2 Å². The van der Waals surface area contributed by atoms with Gasteiger partial charge in [-0.2, -0.15) is 0 Å². The van der Waals surface area contributed by atoms with Crippen LogP contribution in [-0.2, 0) is 0 Å². The van der Waals surface area contributed by atoms with Crippen molar-refractivity contribution in [3.05, 3.63) is 26.3 Å². The number of nitro groups is 1. The molecule has 0 aromatic carbocycles. The first-order valence-corrected chi connectivity index (χ1v) is 7.51. The minimum atomic E-state index is -0.401. The number of pyridine rings is 1. The highest BCUT2D eigenvalue weighted by atomic mass is 79.9. The third-order valence-corrected chi connectivity index (χ3v) is 4.66. The van der Waals surface area contributed by atoms with Crippen molar-refractivity contribution < 1.29 is 4.92 Å². The average Bonchev–Trinajstić information content (AvgIpc) is 2.42. The summed E-state index contributed by atoms with van der Waals surface area (Å²) >= 11 is 3.44. The third kappa shape index (κ3) is 3.27. The van der Waals surface area contributed by atoms with Crippen LogP contribution in [0.25, 0.3) is 0 Å². The maximum absolute atomic E-state index is 10.9. The van der Waals surface area contributed by atoms with Gasteiger partial charge in [0, 0.05) is 19.2 Å². The molecule has 0 saturated carbocycles. The molecule has 1 N–H and O–H groups in total. The zero-order chi connectivity index (χ0) is 14.7. The van der Waals surface area contributed by atoms with Gasteiger partial charge < -0.3 is 10.2 Å². The van der Waals surface area contributed by atoms with Crippen LogP contribution in [0, 0.1) is 23.0 Å². The molecule has 1 aliphatic rings. The largest absolute Gasteiger partial charge is 0.358 e. The molecule has 110 valence electrons. The summed E-state index contributed by atoms with van der Waals surface area (Å²) in [5.41, 5.74) is 0.668. The van der Waals surface area contributed by atoms with Gasteiger partial charge in [-0.1, -0.05) is 0 Å². The first kappa shape index (κ1) is 15.2. The minimum absolute atomic E-state index is 0.0494. The monoisotopic (exact) mass is 342 g/mol. The number of nitrogens with one attached hydrogen (secondary N) is 1. The molecular weight excluding hydrogens is 324 g/mol. The zero-order valence-corrected chi connectivity index (χ0v) is 13.3. The second kappa shape index (κ2) is 6.49. The maximum atomic E-state index is 10.9. The van der Waals surface area contributed by atoms with E-state index >= 15 is 0 Å². The Labute approximate surface area is 126 Å². The Hall–Kier alpha value is -1.21. The lowest BCUT2D eigenvalue weighted by atomic mass is 9.99. The number of anilines is 1. The molecule has 1 unspecified atom stereocenters. The molecule has 6 nitrogen and oxygen atoms in total. The zero-order valence-electron chi connectivity index (χ0n) is 11.7. The molecule has 1 fully saturated rings. The van der Waals surface area contributed by atoms with E-state index in [9.17, 15) is 10.1 Å². The molecule has 0 aliphatic carbocycles. The molecule has 20 heavy (non-hydrogen) atoms. The summed E-state index contributed by atoms with van der Waals surface area (Å²) in [6.07, 6.45) is 3.75. The summed E-state index contributed by atoms with van der Waals surface area (Å²) in [6.45, 7) is 4.76. The van der Waals surface area contributed by atoms with E-state index in [2.05, 4.69) is 31.1 Å². The van der Waals surface area contributed by atoms with Gasteiger partial charge in [0.1, 0.15) is 12.0 Å². The van der Waals surface area contributed by atoms with Crippen LogP contribution in [0.15, 0.2) is 10.7 Å². The van der Waals surface area contributed by atoms with Crippen molar-refractivity contribution in [2.24, 2.45) is 5.92 Å². The average molecular weight is 343 g/mol. The van der Waals surface area contributed by atoms with E-state index in [0.29, 0.717) is 16.0 Å². The molecule has 1 aromatic rings. The molecule has 1 aliphatic heterocycles. The second-order valence-electron chi connectivity index (χ2n) is 5.26. The van der Waals surface area contributed by atoms with E-state index in [0.717, 1.165) is 25.5 Å². The summed E-state index contributed by atoms with van der Waals surface area (Å²) in [5.74, 6) is 1.36. The Morgan fingerprint density at radius 1 is 1.65 bits per heavy atom. The van der Waals surface area contributed by atoms with E-state index in [4.69, 9.17) is 0 Å². The van der Waals surface area contributed by atoms with Crippen molar-refractivity contribution in [3.8, 4) is 0 Å². The van der Waals surface area contributed by atoms with Crippen molar-refractivity contribution in [3.63, 3.8) is 0 Å². The normalized spacial score (nSPS) is 18.9. The molecule has 1 atom stereocenters. The second-order valence-corrected chi connectivity index (χ2v) is 6.05. The third-order valence-electron chi connectivity index (χ3n) is 3.71. The number of piperidine rings is 1. The number of nitrogens with zero attached hydrogens (tertiary/aromatic N) is 3. The van der Waals surface area contributed by atoms with Crippen LogP contribution in [-0.4, -0.2) is 36.6 Å². The summed E-state index contributed by atoms with van der Waals surface area (Å²) in [7, 11) is 1.98. The fourth-order valence-corrected chi connectivity index (χ4v) is 3.17. The van der Waals surface area contributed by atoms with Gasteiger partial charge in [-0.05, 0) is 54.7 Å². The topological polar surface area (TPSA) is 71.3 Å². The fraction of sp³-hybridized carbons (Fsp3) is 0.615. The van der Waals surface area contributed by atoms with Gasteiger partial charge in [-0.15, -0.1) is 0 Å². The molecule has 2 heterocycles. The lowest BCUT2D eigenvalue weighted by molar-refractivity contribution is -0.385. The van der Waals surface area contributed by atoms with Gasteiger partial charge in [0.05, 0.1) is 9.40 Å². The van der Waals surface area contributed by atoms with Gasteiger partial charge in [0.2, 0.25) is 0 Å². The maximum Gasteiger partial charge on any atom is 0.291 e. The van der Waals surface area contributed by atoms with Crippen LogP contribution in [0.5, 0.6) is 0 Å². The van der Waals surface area contributed by atoms with Crippen LogP contribution in [0.2, 0.25) is 0 Å². The van der Waals surface area contributed by atoms with Crippen molar-refractivity contribution in [1.29, 1.82) is 0 Å². The standard InChI is InChI=1S/C13H19BrN4O2/c1-9-11(18(19)20)7-16-13(12(9)14)17(2)8-10-4-3-5-15-6-10/h7,10,15H,3-6,8H2,1-2H3. The van der Waals surface area contributed by atoms with Gasteiger partial charge >= 0.3 is 0 Å². The van der Waals surface area contributed by atoms with Crippen molar-refractivity contribution >= 4 is 27.4 Å². The van der Waals surface area contributed by atoms with Crippen LogP contribution in [0.3, 0.4) is 0 Å². The summed E-state index contributed by atoms with van der Waals surface area (Å²) in [6, 6.07) is 0. The van der Waals surface area contributed by atoms with Gasteiger partial charge in [-0.3, -0.25) is 10.1 Å². The highest BCUT2D eigenvalue weighted by Gasteiger charge is 2.21. The van der Waals surface area contributed by atoms with Crippen LogP contribution in [0.4, 0.5) is 11.5 Å². The Morgan fingerprint density at radius 3 is 3.00 bits per heavy atom. The molecule has 1 saturated heterocycles. The summed E-state index contributed by atoms with van der Waals surface area (Å²) in [4.78, 5) is 16.8. The summed E-state index contributed by atoms with van der Waals surface area (Å²) < 4.78 is 0.706. The molecule has 1 aromatic heterocycles. The van der Waals surface area contributed by atoms with E-state index < -0.39 is 4.92 Å². The quantitative estimate of drug-likeness (QED) is 0.672. The van der Waals surface area contributed by atoms with Crippen LogP contribution >= 0.6 is 15.9 Å². The van der Waals surface area contributed by atoms with E-state index in [1.165, 1.54) is 19.0 Å².